The second-order valence-corrected chi connectivity index (χ2v) is 3.63. The van der Waals surface area contributed by atoms with Gasteiger partial charge < -0.3 is 14.7 Å². The number of hydrogen-bond acceptors (Lipinski definition) is 3. The molecule has 0 aromatic carbocycles. The largest absolute Gasteiger partial charge is 0.392 e. The van der Waals surface area contributed by atoms with Crippen LogP contribution in [0.15, 0.2) is 0 Å². The van der Waals surface area contributed by atoms with E-state index in [4.69, 9.17) is 4.74 Å². The number of hydrogen-bond donors (Lipinski definition) is 1. The van der Waals surface area contributed by atoms with Crippen molar-refractivity contribution in [2.45, 2.75) is 31.9 Å². The van der Waals surface area contributed by atoms with Crippen LogP contribution in [0.5, 0.6) is 0 Å². The highest BCUT2D eigenvalue weighted by molar-refractivity contribution is 4.72. The summed E-state index contributed by atoms with van der Waals surface area (Å²) in [6.45, 7) is 4.34. The minimum atomic E-state index is -0.224. The molecule has 0 aliphatic carbocycles. The number of likely N-dealkylation sites (N-methyl/N-ethyl adjacent to an activating group) is 1. The zero-order valence-corrected chi connectivity index (χ0v) is 7.99. The van der Waals surface area contributed by atoms with Crippen LogP contribution in [0.3, 0.4) is 0 Å². The molecule has 0 aromatic rings. The van der Waals surface area contributed by atoms with E-state index in [1.807, 2.05) is 6.92 Å². The monoisotopic (exact) mass is 173 g/mol. The van der Waals surface area contributed by atoms with Gasteiger partial charge in [0.1, 0.15) is 0 Å². The van der Waals surface area contributed by atoms with E-state index < -0.39 is 0 Å². The maximum absolute atomic E-state index is 9.18. The molecular formula is C9H19NO2. The summed E-state index contributed by atoms with van der Waals surface area (Å²) >= 11 is 0. The summed E-state index contributed by atoms with van der Waals surface area (Å²) < 4.78 is 5.27. The van der Waals surface area contributed by atoms with Gasteiger partial charge in [0.05, 0.1) is 6.10 Å². The molecule has 72 valence electrons. The lowest BCUT2D eigenvalue weighted by atomic mass is 10.1. The molecule has 1 N–H and O–H groups in total. The molecule has 0 aromatic heterocycles. The fourth-order valence-electron chi connectivity index (χ4n) is 1.69. The summed E-state index contributed by atoms with van der Waals surface area (Å²) in [4.78, 5) is 2.23. The van der Waals surface area contributed by atoms with Crippen molar-refractivity contribution in [2.75, 3.05) is 26.8 Å². The summed E-state index contributed by atoms with van der Waals surface area (Å²) in [6, 6.07) is 0.605. The smallest absolute Gasteiger partial charge is 0.0639 e. The Morgan fingerprint density at radius 2 is 2.08 bits per heavy atom. The van der Waals surface area contributed by atoms with Gasteiger partial charge in [-0.15, -0.1) is 0 Å². The first-order chi connectivity index (χ1) is 5.70. The molecule has 0 radical (unpaired) electrons. The molecule has 1 rings (SSSR count). The third kappa shape index (κ3) is 3.09. The van der Waals surface area contributed by atoms with Crippen LogP contribution in [0, 0.1) is 0 Å². The van der Waals surface area contributed by atoms with Crippen molar-refractivity contribution in [1.29, 1.82) is 0 Å². The second kappa shape index (κ2) is 4.80. The molecule has 0 saturated carbocycles. The fraction of sp³-hybridized carbons (Fsp3) is 1.00. The Morgan fingerprint density at radius 3 is 2.58 bits per heavy atom. The Morgan fingerprint density at radius 1 is 1.50 bits per heavy atom. The maximum Gasteiger partial charge on any atom is 0.0639 e. The molecule has 0 unspecified atom stereocenters. The molecule has 0 spiro atoms. The van der Waals surface area contributed by atoms with Gasteiger partial charge in [0.2, 0.25) is 0 Å². The van der Waals surface area contributed by atoms with E-state index in [0.717, 1.165) is 32.6 Å². The van der Waals surface area contributed by atoms with Crippen molar-refractivity contribution < 1.29 is 9.84 Å². The number of nitrogens with zero attached hydrogens (tertiary/aromatic N) is 1. The summed E-state index contributed by atoms with van der Waals surface area (Å²) in [6.07, 6.45) is 1.98. The lowest BCUT2D eigenvalue weighted by molar-refractivity contribution is 0.0284. The summed E-state index contributed by atoms with van der Waals surface area (Å²) in [5, 5.41) is 9.18. The van der Waals surface area contributed by atoms with Gasteiger partial charge in [-0.1, -0.05) is 0 Å². The lowest BCUT2D eigenvalue weighted by Gasteiger charge is -2.31. The zero-order chi connectivity index (χ0) is 8.97. The maximum atomic E-state index is 9.18. The van der Waals surface area contributed by atoms with Gasteiger partial charge in [-0.2, -0.15) is 0 Å². The van der Waals surface area contributed by atoms with Crippen molar-refractivity contribution in [1.82, 2.24) is 4.90 Å². The molecule has 0 amide bonds. The molecule has 1 saturated heterocycles. The summed E-state index contributed by atoms with van der Waals surface area (Å²) in [5.41, 5.74) is 0. The predicted octanol–water partition coefficient (Wildman–Crippen LogP) is 0.478. The zero-order valence-electron chi connectivity index (χ0n) is 7.99. The van der Waals surface area contributed by atoms with E-state index in [1.165, 1.54) is 0 Å². The van der Waals surface area contributed by atoms with Crippen LogP contribution in [0.25, 0.3) is 0 Å². The molecule has 1 atom stereocenters. The molecule has 1 fully saturated rings. The Labute approximate surface area is 74.3 Å². The number of aliphatic hydroxyl groups is 1. The standard InChI is InChI=1S/C9H19NO2/c1-8(11)7-10(2)9-3-5-12-6-4-9/h8-9,11H,3-7H2,1-2H3/t8-/m1/s1. The van der Waals surface area contributed by atoms with E-state index in [9.17, 15) is 5.11 Å². The van der Waals surface area contributed by atoms with Crippen LogP contribution < -0.4 is 0 Å². The summed E-state index contributed by atoms with van der Waals surface area (Å²) in [5.74, 6) is 0. The van der Waals surface area contributed by atoms with Crippen LogP contribution >= 0.6 is 0 Å². The average molecular weight is 173 g/mol. The van der Waals surface area contributed by atoms with E-state index in [-0.39, 0.29) is 6.10 Å². The highest BCUT2D eigenvalue weighted by Gasteiger charge is 2.18. The van der Waals surface area contributed by atoms with Crippen LogP contribution in [0.4, 0.5) is 0 Å². The lowest BCUT2D eigenvalue weighted by Crippen LogP contribution is -2.40. The van der Waals surface area contributed by atoms with E-state index in [0.29, 0.717) is 6.04 Å². The minimum absolute atomic E-state index is 0.224. The van der Waals surface area contributed by atoms with E-state index in [2.05, 4.69) is 11.9 Å². The molecule has 12 heavy (non-hydrogen) atoms. The first-order valence-electron chi connectivity index (χ1n) is 4.66. The van der Waals surface area contributed by atoms with Crippen LogP contribution in [-0.2, 0) is 4.74 Å². The SMILES string of the molecule is C[C@@H](O)CN(C)C1CCOCC1. The van der Waals surface area contributed by atoms with Crippen molar-refractivity contribution in [3.63, 3.8) is 0 Å². The highest BCUT2D eigenvalue weighted by Crippen LogP contribution is 2.12. The normalized spacial score (nSPS) is 23.0. The van der Waals surface area contributed by atoms with Crippen molar-refractivity contribution in [3.05, 3.63) is 0 Å². The van der Waals surface area contributed by atoms with Crippen molar-refractivity contribution in [2.24, 2.45) is 0 Å². The predicted molar refractivity (Wildman–Crippen MR) is 48.2 cm³/mol. The van der Waals surface area contributed by atoms with Gasteiger partial charge in [0.15, 0.2) is 0 Å². The van der Waals surface area contributed by atoms with Gasteiger partial charge in [-0.05, 0) is 26.8 Å². The Hall–Kier alpha value is -0.120. The average Bonchev–Trinajstić information content (AvgIpc) is 2.05. The van der Waals surface area contributed by atoms with Gasteiger partial charge in [0.25, 0.3) is 0 Å². The fourth-order valence-corrected chi connectivity index (χ4v) is 1.69. The summed E-state index contributed by atoms with van der Waals surface area (Å²) in [7, 11) is 2.07. The van der Waals surface area contributed by atoms with Gasteiger partial charge in [-0.3, -0.25) is 0 Å². The van der Waals surface area contributed by atoms with Crippen molar-refractivity contribution >= 4 is 0 Å². The Kier molecular flexibility index (Phi) is 3.98. The number of rotatable bonds is 3. The third-order valence-corrected chi connectivity index (χ3v) is 2.37. The topological polar surface area (TPSA) is 32.7 Å². The number of aliphatic hydroxyl groups excluding tert-OH is 1. The number of ether oxygens (including phenoxy) is 1. The third-order valence-electron chi connectivity index (χ3n) is 2.37. The van der Waals surface area contributed by atoms with Gasteiger partial charge in [0, 0.05) is 25.8 Å². The molecular weight excluding hydrogens is 154 g/mol. The first kappa shape index (κ1) is 9.96. The van der Waals surface area contributed by atoms with Crippen LogP contribution in [0.1, 0.15) is 19.8 Å². The van der Waals surface area contributed by atoms with Crippen LogP contribution in [-0.4, -0.2) is 49.0 Å². The first-order valence-corrected chi connectivity index (χ1v) is 4.66. The second-order valence-electron chi connectivity index (χ2n) is 3.63. The van der Waals surface area contributed by atoms with Gasteiger partial charge >= 0.3 is 0 Å². The Balaban J connectivity index is 2.24. The molecule has 3 heteroatoms. The van der Waals surface area contributed by atoms with Crippen LogP contribution in [0.2, 0.25) is 0 Å². The molecule has 1 aliphatic heterocycles. The quantitative estimate of drug-likeness (QED) is 0.673. The molecule has 0 bridgehead atoms. The highest BCUT2D eigenvalue weighted by atomic mass is 16.5. The van der Waals surface area contributed by atoms with E-state index >= 15 is 0 Å². The molecule has 3 nitrogen and oxygen atoms in total. The molecule has 1 aliphatic rings. The van der Waals surface area contributed by atoms with E-state index in [1.54, 1.807) is 0 Å². The van der Waals surface area contributed by atoms with Crippen molar-refractivity contribution in [3.8, 4) is 0 Å². The van der Waals surface area contributed by atoms with Gasteiger partial charge in [-0.25, -0.2) is 0 Å². The Bertz CT molecular complexity index is 122. The minimum Gasteiger partial charge on any atom is -0.392 e. The molecule has 1 heterocycles.